The second kappa shape index (κ2) is 5.05. The van der Waals surface area contributed by atoms with Crippen molar-refractivity contribution < 1.29 is 27.4 Å². The molecule has 0 aromatic rings. The molecule has 7 heteroatoms. The van der Waals surface area contributed by atoms with E-state index in [0.717, 1.165) is 0 Å². The van der Waals surface area contributed by atoms with Crippen LogP contribution in [0.3, 0.4) is 0 Å². The Kier molecular flexibility index (Phi) is 3.99. The molecule has 0 aliphatic heterocycles. The van der Waals surface area contributed by atoms with Crippen molar-refractivity contribution in [2.45, 2.75) is 44.1 Å². The Hall–Kier alpha value is -1.45. The second-order valence-electron chi connectivity index (χ2n) is 3.47. The van der Waals surface area contributed by atoms with Gasteiger partial charge in [-0.15, -0.1) is 8.78 Å². The van der Waals surface area contributed by atoms with Gasteiger partial charge in [0, 0.05) is 0 Å². The molecule has 1 rings (SSSR count). The van der Waals surface area contributed by atoms with E-state index in [1.807, 2.05) is 0 Å². The zero-order chi connectivity index (χ0) is 12.2. The van der Waals surface area contributed by atoms with E-state index in [-0.39, 0.29) is 25.7 Å². The summed E-state index contributed by atoms with van der Waals surface area (Å²) in [6.45, 7) is 0. The van der Waals surface area contributed by atoms with Crippen LogP contribution in [0.1, 0.15) is 25.7 Å². The second-order valence-corrected chi connectivity index (χ2v) is 3.47. The molecular weight excluding hydrogens is 227 g/mol. The minimum Gasteiger partial charge on any atom is -0.431 e. The first-order valence-corrected chi connectivity index (χ1v) is 4.75. The first kappa shape index (κ1) is 12.6. The Labute approximate surface area is 89.9 Å². The van der Waals surface area contributed by atoms with Crippen molar-refractivity contribution in [3.63, 3.8) is 0 Å². The van der Waals surface area contributed by atoms with Crippen LogP contribution in [0.15, 0.2) is 0 Å². The molecule has 0 spiro atoms. The standard InChI is InChI=1S/C9H10F3NO3/c10-6-1-3-7(4-2-6)15-8(14)16-9(11,12)5-13/h6-7H,1-4H2. The first-order chi connectivity index (χ1) is 7.43. The Morgan fingerprint density at radius 2 is 1.88 bits per heavy atom. The number of hydrogen-bond donors (Lipinski definition) is 0. The van der Waals surface area contributed by atoms with Gasteiger partial charge in [-0.3, -0.25) is 0 Å². The average molecular weight is 237 g/mol. The smallest absolute Gasteiger partial charge is 0.431 e. The number of alkyl halides is 3. The number of ether oxygens (including phenoxy) is 2. The van der Waals surface area contributed by atoms with Crippen molar-refractivity contribution in [1.29, 1.82) is 5.26 Å². The number of carbonyl (C=O) groups excluding carboxylic acids is 1. The number of rotatable bonds is 2. The zero-order valence-electron chi connectivity index (χ0n) is 8.29. The highest BCUT2D eigenvalue weighted by Gasteiger charge is 2.36. The maximum absolute atomic E-state index is 12.7. The maximum Gasteiger partial charge on any atom is 0.514 e. The molecule has 0 aromatic carbocycles. The summed E-state index contributed by atoms with van der Waals surface area (Å²) in [6.07, 6.45) is -6.34. The van der Waals surface area contributed by atoms with Crippen molar-refractivity contribution in [3.8, 4) is 6.07 Å². The highest BCUT2D eigenvalue weighted by atomic mass is 19.3. The average Bonchev–Trinajstić information content (AvgIpc) is 2.21. The molecule has 0 unspecified atom stereocenters. The van der Waals surface area contributed by atoms with Gasteiger partial charge in [0.1, 0.15) is 12.3 Å². The van der Waals surface area contributed by atoms with Gasteiger partial charge < -0.3 is 9.47 Å². The van der Waals surface area contributed by atoms with E-state index in [2.05, 4.69) is 9.47 Å². The summed E-state index contributed by atoms with van der Waals surface area (Å²) >= 11 is 0. The molecule has 1 fully saturated rings. The molecule has 0 N–H and O–H groups in total. The molecule has 0 bridgehead atoms. The summed E-state index contributed by atoms with van der Waals surface area (Å²) < 4.78 is 45.2. The molecule has 1 saturated carbocycles. The Morgan fingerprint density at radius 1 is 1.31 bits per heavy atom. The monoisotopic (exact) mass is 237 g/mol. The third-order valence-electron chi connectivity index (χ3n) is 2.21. The van der Waals surface area contributed by atoms with Crippen LogP contribution in [0.5, 0.6) is 0 Å². The van der Waals surface area contributed by atoms with Gasteiger partial charge in [-0.2, -0.15) is 5.26 Å². The van der Waals surface area contributed by atoms with Gasteiger partial charge in [0.05, 0.1) is 0 Å². The molecule has 16 heavy (non-hydrogen) atoms. The molecule has 0 amide bonds. The van der Waals surface area contributed by atoms with Crippen molar-refractivity contribution in [2.75, 3.05) is 0 Å². The third-order valence-corrected chi connectivity index (χ3v) is 2.21. The molecule has 0 saturated heterocycles. The van der Waals surface area contributed by atoms with E-state index in [9.17, 15) is 18.0 Å². The van der Waals surface area contributed by atoms with Crippen molar-refractivity contribution in [2.24, 2.45) is 0 Å². The SMILES string of the molecule is N#CC(F)(F)OC(=O)OC1CCC(F)CC1. The summed E-state index contributed by atoms with van der Waals surface area (Å²) in [4.78, 5) is 10.8. The van der Waals surface area contributed by atoms with E-state index < -0.39 is 24.5 Å². The van der Waals surface area contributed by atoms with Crippen LogP contribution in [0.4, 0.5) is 18.0 Å². The van der Waals surface area contributed by atoms with Gasteiger partial charge in [0.15, 0.2) is 6.07 Å². The predicted molar refractivity (Wildman–Crippen MR) is 45.3 cm³/mol. The van der Waals surface area contributed by atoms with Crippen LogP contribution >= 0.6 is 0 Å². The van der Waals surface area contributed by atoms with E-state index in [4.69, 9.17) is 5.26 Å². The number of hydrogen-bond acceptors (Lipinski definition) is 4. The molecular formula is C9H10F3NO3. The quantitative estimate of drug-likeness (QED) is 0.692. The fraction of sp³-hybridized carbons (Fsp3) is 0.778. The van der Waals surface area contributed by atoms with E-state index in [1.165, 1.54) is 0 Å². The van der Waals surface area contributed by atoms with Gasteiger partial charge in [0.25, 0.3) is 0 Å². The summed E-state index contributed by atoms with van der Waals surface area (Å²) in [5.74, 6) is 0. The molecule has 90 valence electrons. The van der Waals surface area contributed by atoms with Gasteiger partial charge in [-0.05, 0) is 25.7 Å². The lowest BCUT2D eigenvalue weighted by atomic mass is 9.96. The molecule has 1 aliphatic carbocycles. The molecule has 0 aromatic heterocycles. The zero-order valence-corrected chi connectivity index (χ0v) is 8.29. The maximum atomic E-state index is 12.7. The number of nitriles is 1. The lowest BCUT2D eigenvalue weighted by molar-refractivity contribution is -0.172. The lowest BCUT2D eigenvalue weighted by Gasteiger charge is -2.23. The number of carbonyl (C=O) groups is 1. The Balaban J connectivity index is 2.33. The van der Waals surface area contributed by atoms with Crippen molar-refractivity contribution in [1.82, 2.24) is 0 Å². The highest BCUT2D eigenvalue weighted by molar-refractivity contribution is 5.60. The molecule has 0 heterocycles. The fourth-order valence-corrected chi connectivity index (χ4v) is 1.43. The van der Waals surface area contributed by atoms with Crippen LogP contribution < -0.4 is 0 Å². The molecule has 0 atom stereocenters. The van der Waals surface area contributed by atoms with Crippen LogP contribution in [0.2, 0.25) is 0 Å². The molecule has 1 aliphatic rings. The van der Waals surface area contributed by atoms with Gasteiger partial charge in [0.2, 0.25) is 0 Å². The van der Waals surface area contributed by atoms with Crippen LogP contribution in [-0.4, -0.2) is 24.5 Å². The van der Waals surface area contributed by atoms with Crippen molar-refractivity contribution >= 4 is 6.16 Å². The van der Waals surface area contributed by atoms with Gasteiger partial charge in [-0.25, -0.2) is 9.18 Å². The number of halogens is 3. The predicted octanol–water partition coefficient (Wildman–Crippen LogP) is 2.54. The largest absolute Gasteiger partial charge is 0.514 e. The summed E-state index contributed by atoms with van der Waals surface area (Å²) in [5.41, 5.74) is 0. The summed E-state index contributed by atoms with van der Waals surface area (Å²) in [6, 6.07) is 0.500. The van der Waals surface area contributed by atoms with Crippen molar-refractivity contribution in [3.05, 3.63) is 0 Å². The summed E-state index contributed by atoms with van der Waals surface area (Å²) in [5, 5.41) is 7.90. The van der Waals surface area contributed by atoms with E-state index >= 15 is 0 Å². The minimum absolute atomic E-state index is 0.229. The number of nitrogens with zero attached hydrogens (tertiary/aromatic N) is 1. The van der Waals surface area contributed by atoms with Crippen LogP contribution in [0.25, 0.3) is 0 Å². The topological polar surface area (TPSA) is 59.3 Å². The Bertz CT molecular complexity index is 295. The summed E-state index contributed by atoms with van der Waals surface area (Å²) in [7, 11) is 0. The van der Waals surface area contributed by atoms with Crippen LogP contribution in [0, 0.1) is 11.3 Å². The van der Waals surface area contributed by atoms with E-state index in [0.29, 0.717) is 6.07 Å². The lowest BCUT2D eigenvalue weighted by Crippen LogP contribution is -2.29. The Morgan fingerprint density at radius 3 is 2.38 bits per heavy atom. The van der Waals surface area contributed by atoms with Crippen LogP contribution in [-0.2, 0) is 9.47 Å². The third kappa shape index (κ3) is 3.96. The minimum atomic E-state index is -4.19. The molecule has 0 radical (unpaired) electrons. The normalized spacial score (nSPS) is 25.6. The first-order valence-electron chi connectivity index (χ1n) is 4.75. The molecule has 4 nitrogen and oxygen atoms in total. The highest BCUT2D eigenvalue weighted by Crippen LogP contribution is 2.24. The van der Waals surface area contributed by atoms with Gasteiger partial charge >= 0.3 is 12.3 Å². The van der Waals surface area contributed by atoms with E-state index in [1.54, 1.807) is 0 Å². The van der Waals surface area contributed by atoms with Gasteiger partial charge in [-0.1, -0.05) is 0 Å². The fourth-order valence-electron chi connectivity index (χ4n) is 1.43.